The van der Waals surface area contributed by atoms with Gasteiger partial charge in [-0.05, 0) is 23.9 Å². The Hall–Kier alpha value is -2.02. The number of aliphatic hydroxyl groups is 1. The third kappa shape index (κ3) is 3.72. The summed E-state index contributed by atoms with van der Waals surface area (Å²) < 4.78 is 0. The number of carbonyl (C=O) groups is 1. The molecule has 0 saturated carbocycles. The summed E-state index contributed by atoms with van der Waals surface area (Å²) in [6.45, 7) is 2.64. The maximum Gasteiger partial charge on any atom is 0.257 e. The molecule has 1 aliphatic heterocycles. The largest absolute Gasteiger partial charge is 0.395 e. The quantitative estimate of drug-likeness (QED) is 0.791. The zero-order valence-corrected chi connectivity index (χ0v) is 14.4. The first-order valence-electron chi connectivity index (χ1n) is 8.00. The van der Waals surface area contributed by atoms with Crippen molar-refractivity contribution in [3.05, 3.63) is 57.8 Å². The van der Waals surface area contributed by atoms with Gasteiger partial charge in [0.1, 0.15) is 0 Å². The minimum atomic E-state index is -0.0797. The van der Waals surface area contributed by atoms with E-state index in [2.05, 4.69) is 41.6 Å². The number of hydrogen-bond donors (Lipinski definition) is 2. The second-order valence-corrected chi connectivity index (χ2v) is 6.77. The van der Waals surface area contributed by atoms with Gasteiger partial charge in [-0.1, -0.05) is 35.9 Å². The predicted molar refractivity (Wildman–Crippen MR) is 96.2 cm³/mol. The standard InChI is InChI=1S/C18H21N3O2S/c1-13-4-6-14(7-5-13)15-11-16(17-3-2-10-24-17)21(20-15)18(23)12-19-8-9-22/h2-7,10,16,19,22H,8-9,11-12H2,1H3. The maximum atomic E-state index is 12.5. The fraction of sp³-hybridized carbons (Fsp3) is 0.333. The lowest BCUT2D eigenvalue weighted by atomic mass is 10.0. The second kappa shape index (κ2) is 7.70. The van der Waals surface area contributed by atoms with Crippen molar-refractivity contribution < 1.29 is 9.90 Å². The predicted octanol–water partition coefficient (Wildman–Crippen LogP) is 2.32. The molecule has 3 rings (SSSR count). The highest BCUT2D eigenvalue weighted by Crippen LogP contribution is 2.35. The van der Waals surface area contributed by atoms with Gasteiger partial charge in [-0.2, -0.15) is 5.10 Å². The van der Waals surface area contributed by atoms with Gasteiger partial charge in [-0.15, -0.1) is 11.3 Å². The van der Waals surface area contributed by atoms with Gasteiger partial charge in [-0.25, -0.2) is 5.01 Å². The van der Waals surface area contributed by atoms with Crippen molar-refractivity contribution in [1.82, 2.24) is 10.3 Å². The Bertz CT molecular complexity index is 710. The van der Waals surface area contributed by atoms with Gasteiger partial charge >= 0.3 is 0 Å². The molecule has 1 aliphatic rings. The molecule has 2 aromatic rings. The molecule has 6 heteroatoms. The fourth-order valence-corrected chi connectivity index (χ4v) is 3.53. The summed E-state index contributed by atoms with van der Waals surface area (Å²) in [5.74, 6) is -0.0797. The number of amides is 1. The molecule has 1 atom stereocenters. The van der Waals surface area contributed by atoms with Gasteiger partial charge in [0, 0.05) is 17.8 Å². The molecule has 1 amide bonds. The van der Waals surface area contributed by atoms with Crippen molar-refractivity contribution >= 4 is 23.0 Å². The van der Waals surface area contributed by atoms with Crippen LogP contribution in [0.5, 0.6) is 0 Å². The van der Waals surface area contributed by atoms with E-state index in [1.54, 1.807) is 16.3 Å². The Balaban J connectivity index is 1.82. The zero-order valence-electron chi connectivity index (χ0n) is 13.6. The van der Waals surface area contributed by atoms with Crippen molar-refractivity contribution in [2.45, 2.75) is 19.4 Å². The molecular weight excluding hydrogens is 322 g/mol. The number of thiophene rings is 1. The van der Waals surface area contributed by atoms with Crippen molar-refractivity contribution in [2.24, 2.45) is 5.10 Å². The summed E-state index contributed by atoms with van der Waals surface area (Å²) in [5.41, 5.74) is 3.19. The third-order valence-electron chi connectivity index (χ3n) is 3.99. The number of nitrogens with one attached hydrogen (secondary N) is 1. The van der Waals surface area contributed by atoms with Crippen LogP contribution in [0.15, 0.2) is 46.9 Å². The molecule has 0 saturated heterocycles. The second-order valence-electron chi connectivity index (χ2n) is 5.79. The lowest BCUT2D eigenvalue weighted by Gasteiger charge is -2.20. The topological polar surface area (TPSA) is 64.9 Å². The summed E-state index contributed by atoms with van der Waals surface area (Å²) in [4.78, 5) is 13.7. The van der Waals surface area contributed by atoms with Crippen LogP contribution in [0, 0.1) is 6.92 Å². The van der Waals surface area contributed by atoms with Crippen molar-refractivity contribution in [2.75, 3.05) is 19.7 Å². The highest BCUT2D eigenvalue weighted by Gasteiger charge is 2.33. The average molecular weight is 343 g/mol. The summed E-state index contributed by atoms with van der Waals surface area (Å²) in [6.07, 6.45) is 0.718. The van der Waals surface area contributed by atoms with Crippen LogP contribution in [-0.4, -0.2) is 41.4 Å². The Kier molecular flexibility index (Phi) is 5.40. The molecule has 2 N–H and O–H groups in total. The monoisotopic (exact) mass is 343 g/mol. The van der Waals surface area contributed by atoms with E-state index in [1.807, 2.05) is 17.5 Å². The first-order chi connectivity index (χ1) is 11.7. The van der Waals surface area contributed by atoms with Crippen molar-refractivity contribution in [3.8, 4) is 0 Å². The number of aryl methyl sites for hydroxylation is 1. The van der Waals surface area contributed by atoms with Gasteiger partial charge in [-0.3, -0.25) is 4.79 Å². The number of benzene rings is 1. The molecule has 0 radical (unpaired) electrons. The maximum absolute atomic E-state index is 12.5. The van der Waals surface area contributed by atoms with E-state index in [4.69, 9.17) is 5.11 Å². The highest BCUT2D eigenvalue weighted by molar-refractivity contribution is 7.10. The molecule has 0 aliphatic carbocycles. The minimum absolute atomic E-state index is 0.0134. The van der Waals surface area contributed by atoms with Crippen molar-refractivity contribution in [3.63, 3.8) is 0 Å². The average Bonchev–Trinajstić information content (AvgIpc) is 3.25. The van der Waals surface area contributed by atoms with E-state index in [9.17, 15) is 4.79 Å². The number of nitrogens with zero attached hydrogens (tertiary/aromatic N) is 2. The van der Waals surface area contributed by atoms with Crippen LogP contribution in [0.25, 0.3) is 0 Å². The van der Waals surface area contributed by atoms with Crippen molar-refractivity contribution in [1.29, 1.82) is 0 Å². The Labute approximate surface area is 145 Å². The lowest BCUT2D eigenvalue weighted by molar-refractivity contribution is -0.132. The third-order valence-corrected chi connectivity index (χ3v) is 4.96. The molecule has 1 aromatic carbocycles. The number of aliphatic hydroxyl groups excluding tert-OH is 1. The van der Waals surface area contributed by atoms with E-state index in [-0.39, 0.29) is 25.1 Å². The number of hydrazone groups is 1. The van der Waals surface area contributed by atoms with E-state index in [0.717, 1.165) is 22.6 Å². The molecule has 1 unspecified atom stereocenters. The minimum Gasteiger partial charge on any atom is -0.395 e. The molecular formula is C18H21N3O2S. The molecule has 5 nitrogen and oxygen atoms in total. The SMILES string of the molecule is Cc1ccc(C2=NN(C(=O)CNCCO)C(c3cccs3)C2)cc1. The van der Waals surface area contributed by atoms with Gasteiger partial charge in [0.15, 0.2) is 0 Å². The van der Waals surface area contributed by atoms with E-state index < -0.39 is 0 Å². The molecule has 0 bridgehead atoms. The molecule has 0 spiro atoms. The van der Waals surface area contributed by atoms with E-state index in [0.29, 0.717) is 6.54 Å². The normalized spacial score (nSPS) is 17.2. The molecule has 24 heavy (non-hydrogen) atoms. The van der Waals surface area contributed by atoms with Crippen LogP contribution >= 0.6 is 11.3 Å². The van der Waals surface area contributed by atoms with Crippen LogP contribution in [-0.2, 0) is 4.79 Å². The molecule has 1 aromatic heterocycles. The lowest BCUT2D eigenvalue weighted by Crippen LogP contribution is -2.36. The highest BCUT2D eigenvalue weighted by atomic mass is 32.1. The van der Waals surface area contributed by atoms with Gasteiger partial charge < -0.3 is 10.4 Å². The van der Waals surface area contributed by atoms with Crippen LogP contribution < -0.4 is 5.32 Å². The summed E-state index contributed by atoms with van der Waals surface area (Å²) in [6, 6.07) is 12.2. The molecule has 2 heterocycles. The number of carbonyl (C=O) groups excluding carboxylic acids is 1. The number of rotatable bonds is 6. The van der Waals surface area contributed by atoms with Crippen LogP contribution in [0.4, 0.5) is 0 Å². The first kappa shape index (κ1) is 16.8. The van der Waals surface area contributed by atoms with E-state index in [1.165, 1.54) is 5.56 Å². The summed E-state index contributed by atoms with van der Waals surface area (Å²) in [5, 5.41) is 20.0. The summed E-state index contributed by atoms with van der Waals surface area (Å²) >= 11 is 1.64. The molecule has 126 valence electrons. The smallest absolute Gasteiger partial charge is 0.257 e. The Morgan fingerprint density at radius 2 is 2.17 bits per heavy atom. The van der Waals surface area contributed by atoms with Gasteiger partial charge in [0.25, 0.3) is 5.91 Å². The summed E-state index contributed by atoms with van der Waals surface area (Å²) in [7, 11) is 0. The van der Waals surface area contributed by atoms with Crippen LogP contribution in [0.2, 0.25) is 0 Å². The fourth-order valence-electron chi connectivity index (χ4n) is 2.72. The van der Waals surface area contributed by atoms with Gasteiger partial charge in [0.2, 0.25) is 0 Å². The zero-order chi connectivity index (χ0) is 16.9. The molecule has 0 fully saturated rings. The first-order valence-corrected chi connectivity index (χ1v) is 8.88. The van der Waals surface area contributed by atoms with E-state index >= 15 is 0 Å². The van der Waals surface area contributed by atoms with Crippen LogP contribution in [0.1, 0.15) is 28.5 Å². The van der Waals surface area contributed by atoms with Crippen LogP contribution in [0.3, 0.4) is 0 Å². The Morgan fingerprint density at radius 3 is 2.83 bits per heavy atom. The van der Waals surface area contributed by atoms with Gasteiger partial charge in [0.05, 0.1) is 24.9 Å². The Morgan fingerprint density at radius 1 is 1.38 bits per heavy atom. The number of hydrogen-bond acceptors (Lipinski definition) is 5.